The average molecular weight is 584 g/mol. The van der Waals surface area contributed by atoms with Crippen LogP contribution in [0.5, 0.6) is 0 Å². The molecule has 0 fully saturated rings. The van der Waals surface area contributed by atoms with Gasteiger partial charge in [-0.1, -0.05) is 103 Å². The van der Waals surface area contributed by atoms with E-state index in [2.05, 4.69) is 155 Å². The van der Waals surface area contributed by atoms with Crippen LogP contribution >= 0.6 is 0 Å². The van der Waals surface area contributed by atoms with E-state index in [-0.39, 0.29) is 6.85 Å². The molecule has 0 N–H and O–H groups in total. The molecule has 4 heterocycles. The third-order valence-electron chi connectivity index (χ3n) is 10.2. The van der Waals surface area contributed by atoms with Crippen molar-refractivity contribution in [3.63, 3.8) is 0 Å². The zero-order valence-electron chi connectivity index (χ0n) is 24.8. The molecule has 2 aliphatic rings. The van der Waals surface area contributed by atoms with E-state index in [0.717, 1.165) is 27.6 Å². The predicted molar refractivity (Wildman–Crippen MR) is 193 cm³/mol. The van der Waals surface area contributed by atoms with Gasteiger partial charge in [0, 0.05) is 49.7 Å². The topological polar surface area (TPSA) is 21.3 Å². The van der Waals surface area contributed by atoms with Crippen LogP contribution in [0.3, 0.4) is 0 Å². The van der Waals surface area contributed by atoms with E-state index in [0.29, 0.717) is 0 Å². The summed E-state index contributed by atoms with van der Waals surface area (Å²) in [6, 6.07) is 55.3. The highest BCUT2D eigenvalue weighted by atomic mass is 16.3. The van der Waals surface area contributed by atoms with Crippen molar-refractivity contribution in [3.05, 3.63) is 152 Å². The van der Waals surface area contributed by atoms with Crippen molar-refractivity contribution in [2.24, 2.45) is 0 Å². The Morgan fingerprint density at radius 1 is 0.413 bits per heavy atom. The van der Waals surface area contributed by atoms with Gasteiger partial charge in [-0.3, -0.25) is 0 Å². The highest BCUT2D eigenvalue weighted by Gasteiger charge is 2.42. The lowest BCUT2D eigenvalue weighted by Gasteiger charge is -2.43. The van der Waals surface area contributed by atoms with Crippen LogP contribution < -0.4 is 15.7 Å². The van der Waals surface area contributed by atoms with Gasteiger partial charge < -0.3 is 13.8 Å². The summed E-state index contributed by atoms with van der Waals surface area (Å²) in [6.07, 6.45) is 0. The van der Waals surface area contributed by atoms with Crippen molar-refractivity contribution in [2.45, 2.75) is 0 Å². The van der Waals surface area contributed by atoms with Crippen molar-refractivity contribution in [3.8, 4) is 27.9 Å². The minimum absolute atomic E-state index is 0.0804. The van der Waals surface area contributed by atoms with Gasteiger partial charge in [-0.25, -0.2) is 0 Å². The Labute approximate surface area is 265 Å². The second-order valence-electron chi connectivity index (χ2n) is 12.5. The molecule has 0 atom stereocenters. The SMILES string of the molecule is c1ccc(-n2c3cc4c(cc3c3cc5oc6ccccc6c5cc32)N2B(c3ccccc3-c3ccccc32)c2ccccc2-4)cc1. The summed E-state index contributed by atoms with van der Waals surface area (Å²) in [4.78, 5) is 2.58. The number of rotatable bonds is 1. The van der Waals surface area contributed by atoms with Crippen LogP contribution in [0, 0.1) is 0 Å². The Hall–Kier alpha value is -6.00. The highest BCUT2D eigenvalue weighted by molar-refractivity contribution is 6.92. The first-order chi connectivity index (χ1) is 22.8. The molecule has 0 aliphatic carbocycles. The fourth-order valence-corrected chi connectivity index (χ4v) is 8.26. The Morgan fingerprint density at radius 2 is 1.04 bits per heavy atom. The standard InChI is InChI=1S/C42H25BN2O/c1-2-12-26(13-3-1)44-38-22-31-28-15-5-9-19-36(28)43-35-18-8-4-14-27(35)29-16-6-10-20-37(29)45(43)40(31)23-32(38)33-25-42-34(24-39(33)44)30-17-7-11-21-41(30)46-42/h1-25H. The molecule has 2 aliphatic heterocycles. The molecule has 2 aromatic heterocycles. The van der Waals surface area contributed by atoms with E-state index >= 15 is 0 Å². The van der Waals surface area contributed by atoms with Crippen LogP contribution in [0.25, 0.3) is 71.7 Å². The smallest absolute Gasteiger partial charge is 0.329 e. The van der Waals surface area contributed by atoms with Gasteiger partial charge in [0.05, 0.1) is 11.0 Å². The van der Waals surface area contributed by atoms with Gasteiger partial charge in [0.15, 0.2) is 0 Å². The molecule has 4 heteroatoms. The lowest BCUT2D eigenvalue weighted by molar-refractivity contribution is 0.669. The molecule has 0 saturated heterocycles. The minimum Gasteiger partial charge on any atom is -0.456 e. The Morgan fingerprint density at radius 3 is 1.87 bits per heavy atom. The Bertz CT molecular complexity index is 2720. The second-order valence-corrected chi connectivity index (χ2v) is 12.5. The van der Waals surface area contributed by atoms with Gasteiger partial charge in [0.25, 0.3) is 0 Å². The number of hydrogen-bond donors (Lipinski definition) is 0. The molecule has 212 valence electrons. The van der Waals surface area contributed by atoms with Crippen LogP contribution in [-0.2, 0) is 0 Å². The number of anilines is 2. The summed E-state index contributed by atoms with van der Waals surface area (Å²) in [5.74, 6) is 0. The maximum atomic E-state index is 6.44. The predicted octanol–water partition coefficient (Wildman–Crippen LogP) is 9.59. The molecule has 11 rings (SSSR count). The second kappa shape index (κ2) is 8.80. The summed E-state index contributed by atoms with van der Waals surface area (Å²) in [6.45, 7) is 0.0804. The number of para-hydroxylation sites is 3. The van der Waals surface area contributed by atoms with E-state index in [1.54, 1.807) is 0 Å². The molecule has 46 heavy (non-hydrogen) atoms. The van der Waals surface area contributed by atoms with E-state index in [4.69, 9.17) is 4.42 Å². The van der Waals surface area contributed by atoms with Crippen molar-refractivity contribution in [1.82, 2.24) is 4.57 Å². The van der Waals surface area contributed by atoms with Crippen LogP contribution in [0.4, 0.5) is 11.4 Å². The van der Waals surface area contributed by atoms with Crippen molar-refractivity contribution < 1.29 is 4.42 Å². The zero-order chi connectivity index (χ0) is 29.9. The lowest BCUT2D eigenvalue weighted by Crippen LogP contribution is -2.59. The van der Waals surface area contributed by atoms with E-state index < -0.39 is 0 Å². The summed E-state index contributed by atoms with van der Waals surface area (Å²) >= 11 is 0. The van der Waals surface area contributed by atoms with E-state index in [1.165, 1.54) is 66.4 Å². The first-order valence-corrected chi connectivity index (χ1v) is 15.9. The summed E-state index contributed by atoms with van der Waals surface area (Å²) in [7, 11) is 0. The molecule has 0 spiro atoms. The third-order valence-corrected chi connectivity index (χ3v) is 10.2. The Kier molecular flexibility index (Phi) is 4.66. The first kappa shape index (κ1) is 24.3. The average Bonchev–Trinajstić information content (AvgIpc) is 3.64. The molecule has 3 nitrogen and oxygen atoms in total. The van der Waals surface area contributed by atoms with Gasteiger partial charge in [0.1, 0.15) is 11.2 Å². The third kappa shape index (κ3) is 3.08. The van der Waals surface area contributed by atoms with E-state index in [1.807, 2.05) is 6.07 Å². The minimum atomic E-state index is 0.0804. The molecule has 7 aromatic carbocycles. The fraction of sp³-hybridized carbons (Fsp3) is 0. The molecule has 0 bridgehead atoms. The summed E-state index contributed by atoms with van der Waals surface area (Å²) in [5, 5.41) is 4.69. The van der Waals surface area contributed by atoms with Crippen molar-refractivity contribution in [1.29, 1.82) is 0 Å². The van der Waals surface area contributed by atoms with Crippen molar-refractivity contribution >= 4 is 72.9 Å². The van der Waals surface area contributed by atoms with Crippen LogP contribution in [0.15, 0.2) is 156 Å². The number of fused-ring (bicyclic) bond motifs is 17. The number of benzene rings is 7. The number of aromatic nitrogens is 1. The summed E-state index contributed by atoms with van der Waals surface area (Å²) in [5.41, 5.74) is 15.6. The van der Waals surface area contributed by atoms with Crippen LogP contribution in [0.2, 0.25) is 0 Å². The quantitative estimate of drug-likeness (QED) is 0.179. The van der Waals surface area contributed by atoms with Gasteiger partial charge in [-0.2, -0.15) is 0 Å². The maximum Gasteiger partial charge on any atom is 0.329 e. The largest absolute Gasteiger partial charge is 0.456 e. The fourth-order valence-electron chi connectivity index (χ4n) is 8.26. The Balaban J connectivity index is 1.30. The maximum absolute atomic E-state index is 6.44. The molecule has 0 amide bonds. The molecular weight excluding hydrogens is 559 g/mol. The molecule has 0 unspecified atom stereocenters. The molecular formula is C42H25BN2O. The van der Waals surface area contributed by atoms with E-state index in [9.17, 15) is 0 Å². The van der Waals surface area contributed by atoms with Crippen LogP contribution in [0.1, 0.15) is 0 Å². The van der Waals surface area contributed by atoms with Gasteiger partial charge in [-0.05, 0) is 70.6 Å². The van der Waals surface area contributed by atoms with Gasteiger partial charge in [-0.15, -0.1) is 0 Å². The highest BCUT2D eigenvalue weighted by Crippen LogP contribution is 2.49. The zero-order valence-corrected chi connectivity index (χ0v) is 24.8. The number of furan rings is 1. The lowest BCUT2D eigenvalue weighted by atomic mass is 9.43. The molecule has 0 saturated carbocycles. The molecule has 0 radical (unpaired) electrons. The number of hydrogen-bond acceptors (Lipinski definition) is 2. The first-order valence-electron chi connectivity index (χ1n) is 15.9. The molecule has 9 aromatic rings. The normalized spacial score (nSPS) is 13.1. The number of nitrogens with zero attached hydrogens (tertiary/aromatic N) is 2. The van der Waals surface area contributed by atoms with Gasteiger partial charge >= 0.3 is 6.85 Å². The van der Waals surface area contributed by atoms with Crippen LogP contribution in [-0.4, -0.2) is 11.4 Å². The van der Waals surface area contributed by atoms with Crippen molar-refractivity contribution in [2.75, 3.05) is 4.81 Å². The van der Waals surface area contributed by atoms with Gasteiger partial charge in [0.2, 0.25) is 0 Å². The monoisotopic (exact) mass is 584 g/mol. The summed E-state index contributed by atoms with van der Waals surface area (Å²) < 4.78 is 8.87.